The molecule has 24 heavy (non-hydrogen) atoms. The van der Waals surface area contributed by atoms with Crippen molar-refractivity contribution in [2.45, 2.75) is 19.9 Å². The first-order valence-electron chi connectivity index (χ1n) is 8.04. The molecule has 2 heterocycles. The highest BCUT2D eigenvalue weighted by Crippen LogP contribution is 2.29. The van der Waals surface area contributed by atoms with Gasteiger partial charge in [0.1, 0.15) is 6.04 Å². The molecule has 0 aliphatic carbocycles. The highest BCUT2D eigenvalue weighted by Gasteiger charge is 2.34. The molecule has 1 aromatic rings. The van der Waals surface area contributed by atoms with E-state index in [0.29, 0.717) is 50.8 Å². The number of ether oxygens (including phenoxy) is 2. The van der Waals surface area contributed by atoms with Crippen LogP contribution in [0.4, 0.5) is 4.79 Å². The van der Waals surface area contributed by atoms with Crippen molar-refractivity contribution in [2.75, 3.05) is 39.4 Å². The van der Waals surface area contributed by atoms with Crippen LogP contribution < -0.4 is 4.74 Å². The Balaban J connectivity index is 2.13. The highest BCUT2D eigenvalue weighted by molar-refractivity contribution is 5.76. The summed E-state index contributed by atoms with van der Waals surface area (Å²) < 4.78 is 10.4. The average Bonchev–Trinajstić information content (AvgIpc) is 2.57. The Morgan fingerprint density at radius 2 is 1.96 bits per heavy atom. The zero-order valence-corrected chi connectivity index (χ0v) is 14.0. The van der Waals surface area contributed by atoms with Crippen molar-refractivity contribution >= 4 is 12.1 Å². The topological polar surface area (TPSA) is 92.2 Å². The Morgan fingerprint density at radius 1 is 1.25 bits per heavy atom. The van der Waals surface area contributed by atoms with E-state index < -0.39 is 12.0 Å². The van der Waals surface area contributed by atoms with Gasteiger partial charge in [-0.25, -0.2) is 9.78 Å². The standard InChI is InChI=1S/C16H23N3O5/c1-3-23-14-12(6-5-7-17-14)13(15(20)21)18-8-10-19(11-9-18)16(22)24-4-2/h5-7,13H,3-4,8-11H2,1-2H3,(H,20,21)/t13-/m0/s1. The number of aromatic nitrogens is 1. The minimum absolute atomic E-state index is 0.324. The lowest BCUT2D eigenvalue weighted by Crippen LogP contribution is -2.51. The monoisotopic (exact) mass is 337 g/mol. The van der Waals surface area contributed by atoms with Gasteiger partial charge in [0.05, 0.1) is 13.2 Å². The number of aliphatic carboxylic acids is 1. The van der Waals surface area contributed by atoms with Gasteiger partial charge in [-0.15, -0.1) is 0 Å². The summed E-state index contributed by atoms with van der Waals surface area (Å²) in [5.74, 6) is -0.631. The van der Waals surface area contributed by atoms with E-state index in [9.17, 15) is 14.7 Å². The van der Waals surface area contributed by atoms with Crippen molar-refractivity contribution in [1.82, 2.24) is 14.8 Å². The van der Waals surface area contributed by atoms with Crippen LogP contribution in [0.15, 0.2) is 18.3 Å². The van der Waals surface area contributed by atoms with E-state index in [0.717, 1.165) is 0 Å². The molecule has 8 heteroatoms. The van der Waals surface area contributed by atoms with Crippen molar-refractivity contribution in [1.29, 1.82) is 0 Å². The summed E-state index contributed by atoms with van der Waals surface area (Å²) in [4.78, 5) is 31.1. The van der Waals surface area contributed by atoms with Crippen molar-refractivity contribution in [2.24, 2.45) is 0 Å². The highest BCUT2D eigenvalue weighted by atomic mass is 16.6. The fraction of sp³-hybridized carbons (Fsp3) is 0.562. The van der Waals surface area contributed by atoms with Gasteiger partial charge in [0.25, 0.3) is 0 Å². The molecular formula is C16H23N3O5. The van der Waals surface area contributed by atoms with Gasteiger partial charge in [-0.3, -0.25) is 9.69 Å². The molecule has 8 nitrogen and oxygen atoms in total. The maximum Gasteiger partial charge on any atom is 0.409 e. The lowest BCUT2D eigenvalue weighted by atomic mass is 10.1. The van der Waals surface area contributed by atoms with Crippen LogP contribution in [0.5, 0.6) is 5.88 Å². The molecule has 2 rings (SSSR count). The third kappa shape index (κ3) is 4.14. The summed E-state index contributed by atoms with van der Waals surface area (Å²) in [7, 11) is 0. The number of carboxylic acids is 1. The summed E-state index contributed by atoms with van der Waals surface area (Å²) >= 11 is 0. The van der Waals surface area contributed by atoms with Crippen LogP contribution in [0, 0.1) is 0 Å². The summed E-state index contributed by atoms with van der Waals surface area (Å²) in [6, 6.07) is 2.56. The molecule has 1 aliphatic rings. The number of nitrogens with zero attached hydrogens (tertiary/aromatic N) is 3. The van der Waals surface area contributed by atoms with E-state index >= 15 is 0 Å². The van der Waals surface area contributed by atoms with E-state index in [-0.39, 0.29) is 6.09 Å². The van der Waals surface area contributed by atoms with Gasteiger partial charge in [0.15, 0.2) is 0 Å². The van der Waals surface area contributed by atoms with Gasteiger partial charge >= 0.3 is 12.1 Å². The molecule has 132 valence electrons. The minimum atomic E-state index is -0.964. The SMILES string of the molecule is CCOC(=O)N1CCN([C@H](C(=O)O)c2cccnc2OCC)CC1. The first-order valence-corrected chi connectivity index (χ1v) is 8.04. The third-order valence-electron chi connectivity index (χ3n) is 3.82. The summed E-state index contributed by atoms with van der Waals surface area (Å²) in [5, 5.41) is 9.70. The number of piperazine rings is 1. The summed E-state index contributed by atoms with van der Waals surface area (Å²) in [6.07, 6.45) is 1.21. The van der Waals surface area contributed by atoms with Crippen LogP contribution in [0.1, 0.15) is 25.5 Å². The number of carboxylic acid groups (broad SMARTS) is 1. The molecule has 0 bridgehead atoms. The number of amides is 1. The molecule has 0 aromatic carbocycles. The molecule has 1 aromatic heterocycles. The Bertz CT molecular complexity index is 573. The zero-order valence-electron chi connectivity index (χ0n) is 14.0. The van der Waals surface area contributed by atoms with Gasteiger partial charge < -0.3 is 19.5 Å². The maximum absolute atomic E-state index is 11.8. The zero-order chi connectivity index (χ0) is 17.5. The number of hydrogen-bond donors (Lipinski definition) is 1. The largest absolute Gasteiger partial charge is 0.480 e. The molecule has 1 amide bonds. The van der Waals surface area contributed by atoms with Crippen LogP contribution >= 0.6 is 0 Å². The molecule has 0 unspecified atom stereocenters. The third-order valence-corrected chi connectivity index (χ3v) is 3.82. The van der Waals surface area contributed by atoms with E-state index in [2.05, 4.69) is 4.98 Å². The van der Waals surface area contributed by atoms with Gasteiger partial charge in [-0.2, -0.15) is 0 Å². The molecule has 1 saturated heterocycles. The fourth-order valence-corrected chi connectivity index (χ4v) is 2.73. The average molecular weight is 337 g/mol. The maximum atomic E-state index is 11.8. The molecule has 1 atom stereocenters. The van der Waals surface area contributed by atoms with E-state index in [1.807, 2.05) is 11.8 Å². The van der Waals surface area contributed by atoms with Gasteiger partial charge in [-0.05, 0) is 26.0 Å². The first-order chi connectivity index (χ1) is 11.6. The molecule has 1 aliphatic heterocycles. The van der Waals surface area contributed by atoms with Crippen LogP contribution in [-0.2, 0) is 9.53 Å². The van der Waals surface area contributed by atoms with E-state index in [1.54, 1.807) is 30.2 Å². The Kier molecular flexibility index (Phi) is 6.36. The van der Waals surface area contributed by atoms with Crippen molar-refractivity contribution in [3.63, 3.8) is 0 Å². The van der Waals surface area contributed by atoms with Crippen LogP contribution in [0.2, 0.25) is 0 Å². The normalized spacial score (nSPS) is 16.5. The van der Waals surface area contributed by atoms with Gasteiger partial charge in [0, 0.05) is 37.9 Å². The molecule has 1 N–H and O–H groups in total. The first kappa shape index (κ1) is 18.0. The molecule has 0 saturated carbocycles. The summed E-state index contributed by atoms with van der Waals surface area (Å²) in [6.45, 7) is 6.04. The lowest BCUT2D eigenvalue weighted by molar-refractivity contribution is -0.144. The molecule has 0 spiro atoms. The quantitative estimate of drug-likeness (QED) is 0.838. The molecule has 1 fully saturated rings. The van der Waals surface area contributed by atoms with Crippen molar-refractivity contribution in [3.8, 4) is 5.88 Å². The van der Waals surface area contributed by atoms with Crippen LogP contribution in [0.3, 0.4) is 0 Å². The number of pyridine rings is 1. The van der Waals surface area contributed by atoms with Crippen LogP contribution in [-0.4, -0.2) is 71.3 Å². The Labute approximate surface area is 141 Å². The molecule has 0 radical (unpaired) electrons. The smallest absolute Gasteiger partial charge is 0.409 e. The van der Waals surface area contributed by atoms with Crippen molar-refractivity contribution < 1.29 is 24.2 Å². The Morgan fingerprint density at radius 3 is 2.54 bits per heavy atom. The van der Waals surface area contributed by atoms with E-state index in [1.165, 1.54) is 0 Å². The second kappa shape index (κ2) is 8.49. The number of rotatable bonds is 6. The summed E-state index contributed by atoms with van der Waals surface area (Å²) in [5.41, 5.74) is 0.524. The lowest BCUT2D eigenvalue weighted by Gasteiger charge is -2.37. The predicted octanol–water partition coefficient (Wildman–Crippen LogP) is 1.38. The fourth-order valence-electron chi connectivity index (χ4n) is 2.73. The number of carbonyl (C=O) groups is 2. The van der Waals surface area contributed by atoms with Gasteiger partial charge in [-0.1, -0.05) is 0 Å². The van der Waals surface area contributed by atoms with Gasteiger partial charge in [0.2, 0.25) is 5.88 Å². The molecular weight excluding hydrogens is 314 g/mol. The second-order valence-corrected chi connectivity index (χ2v) is 5.29. The number of carbonyl (C=O) groups excluding carboxylic acids is 1. The second-order valence-electron chi connectivity index (χ2n) is 5.29. The predicted molar refractivity (Wildman–Crippen MR) is 86.0 cm³/mol. The van der Waals surface area contributed by atoms with Crippen molar-refractivity contribution in [3.05, 3.63) is 23.9 Å². The Hall–Kier alpha value is -2.35. The van der Waals surface area contributed by atoms with E-state index in [4.69, 9.17) is 9.47 Å². The number of hydrogen-bond acceptors (Lipinski definition) is 6. The minimum Gasteiger partial charge on any atom is -0.480 e. The van der Waals surface area contributed by atoms with Crippen LogP contribution in [0.25, 0.3) is 0 Å².